The third-order valence-corrected chi connectivity index (χ3v) is 4.13. The molecular formula is C20H14FN3O4. The van der Waals surface area contributed by atoms with E-state index in [2.05, 4.69) is 15.5 Å². The topological polar surface area (TPSA) is 98.2 Å². The standard InChI is InChI=1S/C20H14FN3O4/c1-11(19-23-17(24-28-19)13-6-4-7-14(21)9-13)22-18(25)15-10-12-5-2-3-8-16(12)27-20(15)26/h2-11H,1H3,(H,22,25)/t11-/m1/s1. The number of halogens is 1. The Morgan fingerprint density at radius 3 is 2.79 bits per heavy atom. The lowest BCUT2D eigenvalue weighted by Gasteiger charge is -2.09. The third-order valence-electron chi connectivity index (χ3n) is 4.13. The van der Waals surface area contributed by atoms with Crippen LogP contribution in [0.25, 0.3) is 22.4 Å². The molecule has 2 heterocycles. The summed E-state index contributed by atoms with van der Waals surface area (Å²) in [5.74, 6) is -0.732. The summed E-state index contributed by atoms with van der Waals surface area (Å²) in [5, 5.41) is 7.06. The molecule has 0 aliphatic rings. The zero-order valence-corrected chi connectivity index (χ0v) is 14.7. The van der Waals surface area contributed by atoms with Crippen LogP contribution in [-0.4, -0.2) is 16.0 Å². The Hall–Kier alpha value is -3.81. The summed E-state index contributed by atoms with van der Waals surface area (Å²) in [7, 11) is 0. The molecule has 1 N–H and O–H groups in total. The lowest BCUT2D eigenvalue weighted by molar-refractivity contribution is 0.0929. The number of nitrogens with one attached hydrogen (secondary N) is 1. The number of benzene rings is 2. The molecule has 0 fully saturated rings. The van der Waals surface area contributed by atoms with Crippen LogP contribution in [-0.2, 0) is 0 Å². The minimum Gasteiger partial charge on any atom is -0.422 e. The first-order chi connectivity index (χ1) is 13.5. The normalized spacial score (nSPS) is 12.1. The smallest absolute Gasteiger partial charge is 0.349 e. The van der Waals surface area contributed by atoms with Gasteiger partial charge in [0.05, 0.1) is 0 Å². The van der Waals surface area contributed by atoms with Crippen molar-refractivity contribution in [3.05, 3.63) is 82.3 Å². The van der Waals surface area contributed by atoms with Crippen LogP contribution in [0.4, 0.5) is 4.39 Å². The number of amides is 1. The van der Waals surface area contributed by atoms with Crippen LogP contribution in [0, 0.1) is 5.82 Å². The molecule has 2 aromatic heterocycles. The second-order valence-electron chi connectivity index (χ2n) is 6.15. The quantitative estimate of drug-likeness (QED) is 0.545. The maximum absolute atomic E-state index is 13.3. The van der Waals surface area contributed by atoms with Crippen LogP contribution in [0.15, 0.2) is 68.3 Å². The Kier molecular flexibility index (Phi) is 4.44. The van der Waals surface area contributed by atoms with Crippen molar-refractivity contribution in [3.8, 4) is 11.4 Å². The molecule has 0 aliphatic heterocycles. The Labute approximate surface area is 157 Å². The SMILES string of the molecule is C[C@@H](NC(=O)c1cc2ccccc2oc1=O)c1nc(-c2cccc(F)c2)no1. The van der Waals surface area contributed by atoms with E-state index in [1.807, 2.05) is 0 Å². The monoisotopic (exact) mass is 379 g/mol. The van der Waals surface area contributed by atoms with Crippen molar-refractivity contribution >= 4 is 16.9 Å². The minimum absolute atomic E-state index is 0.123. The van der Waals surface area contributed by atoms with Gasteiger partial charge in [0, 0.05) is 10.9 Å². The predicted octanol–water partition coefficient (Wildman–Crippen LogP) is 3.47. The van der Waals surface area contributed by atoms with Crippen LogP contribution in [0.1, 0.15) is 29.2 Å². The number of hydrogen-bond donors (Lipinski definition) is 1. The molecule has 8 heteroatoms. The van der Waals surface area contributed by atoms with E-state index in [9.17, 15) is 14.0 Å². The zero-order valence-electron chi connectivity index (χ0n) is 14.7. The summed E-state index contributed by atoms with van der Waals surface area (Å²) >= 11 is 0. The fraction of sp³-hybridized carbons (Fsp3) is 0.100. The first-order valence-electron chi connectivity index (χ1n) is 8.44. The molecule has 4 rings (SSSR count). The number of aromatic nitrogens is 2. The number of para-hydroxylation sites is 1. The Balaban J connectivity index is 1.55. The summed E-state index contributed by atoms with van der Waals surface area (Å²) in [4.78, 5) is 28.8. The van der Waals surface area contributed by atoms with Crippen molar-refractivity contribution in [1.82, 2.24) is 15.5 Å². The van der Waals surface area contributed by atoms with E-state index in [4.69, 9.17) is 8.94 Å². The number of hydrogen-bond acceptors (Lipinski definition) is 6. The van der Waals surface area contributed by atoms with Crippen LogP contribution in [0.5, 0.6) is 0 Å². The summed E-state index contributed by atoms with van der Waals surface area (Å²) in [5.41, 5.74) is -0.0257. The van der Waals surface area contributed by atoms with E-state index in [1.165, 1.54) is 24.3 Å². The molecule has 0 spiro atoms. The molecule has 1 atom stereocenters. The van der Waals surface area contributed by atoms with Crippen LogP contribution < -0.4 is 10.9 Å². The van der Waals surface area contributed by atoms with E-state index in [0.29, 0.717) is 16.5 Å². The molecule has 4 aromatic rings. The van der Waals surface area contributed by atoms with Crippen molar-refractivity contribution in [2.45, 2.75) is 13.0 Å². The number of nitrogens with zero attached hydrogens (tertiary/aromatic N) is 2. The van der Waals surface area contributed by atoms with Gasteiger partial charge in [-0.3, -0.25) is 4.79 Å². The van der Waals surface area contributed by atoms with E-state index in [1.54, 1.807) is 37.3 Å². The van der Waals surface area contributed by atoms with E-state index in [0.717, 1.165) is 0 Å². The predicted molar refractivity (Wildman–Crippen MR) is 98.1 cm³/mol. The largest absolute Gasteiger partial charge is 0.422 e. The van der Waals surface area contributed by atoms with Gasteiger partial charge in [0.25, 0.3) is 5.91 Å². The molecule has 1 amide bonds. The molecule has 0 saturated carbocycles. The molecule has 140 valence electrons. The Morgan fingerprint density at radius 2 is 1.96 bits per heavy atom. The number of rotatable bonds is 4. The third kappa shape index (κ3) is 3.39. The van der Waals surface area contributed by atoms with Crippen LogP contribution in [0.3, 0.4) is 0 Å². The summed E-state index contributed by atoms with van der Waals surface area (Å²) in [6, 6.07) is 13.4. The van der Waals surface area contributed by atoms with Gasteiger partial charge in [-0.2, -0.15) is 4.98 Å². The molecule has 2 aromatic carbocycles. The van der Waals surface area contributed by atoms with Gasteiger partial charge < -0.3 is 14.3 Å². The highest BCUT2D eigenvalue weighted by atomic mass is 19.1. The molecule has 28 heavy (non-hydrogen) atoms. The van der Waals surface area contributed by atoms with Crippen molar-refractivity contribution in [1.29, 1.82) is 0 Å². The molecule has 0 aliphatic carbocycles. The molecular weight excluding hydrogens is 365 g/mol. The Bertz CT molecular complexity index is 1230. The van der Waals surface area contributed by atoms with Crippen molar-refractivity contribution in [2.24, 2.45) is 0 Å². The van der Waals surface area contributed by atoms with E-state index in [-0.39, 0.29) is 17.3 Å². The van der Waals surface area contributed by atoms with Crippen LogP contribution >= 0.6 is 0 Å². The number of carbonyl (C=O) groups is 1. The maximum Gasteiger partial charge on any atom is 0.349 e. The van der Waals surface area contributed by atoms with Gasteiger partial charge in [0.15, 0.2) is 0 Å². The first-order valence-corrected chi connectivity index (χ1v) is 8.44. The first kappa shape index (κ1) is 17.6. The van der Waals surface area contributed by atoms with Gasteiger partial charge in [-0.1, -0.05) is 35.5 Å². The van der Waals surface area contributed by atoms with Gasteiger partial charge in [0.2, 0.25) is 11.7 Å². The van der Waals surface area contributed by atoms with Crippen molar-refractivity contribution in [3.63, 3.8) is 0 Å². The van der Waals surface area contributed by atoms with Gasteiger partial charge in [0.1, 0.15) is 23.0 Å². The van der Waals surface area contributed by atoms with E-state index < -0.39 is 23.4 Å². The van der Waals surface area contributed by atoms with Gasteiger partial charge >= 0.3 is 5.63 Å². The fourth-order valence-corrected chi connectivity index (χ4v) is 2.71. The summed E-state index contributed by atoms with van der Waals surface area (Å²) < 4.78 is 23.7. The molecule has 0 saturated heterocycles. The highest BCUT2D eigenvalue weighted by Gasteiger charge is 2.21. The minimum atomic E-state index is -0.741. The second kappa shape index (κ2) is 7.07. The van der Waals surface area contributed by atoms with Gasteiger partial charge in [-0.05, 0) is 31.2 Å². The number of fused-ring (bicyclic) bond motifs is 1. The molecule has 7 nitrogen and oxygen atoms in total. The molecule has 0 unspecified atom stereocenters. The van der Waals surface area contributed by atoms with Crippen molar-refractivity contribution < 1.29 is 18.1 Å². The highest BCUT2D eigenvalue weighted by molar-refractivity contribution is 5.96. The average molecular weight is 379 g/mol. The van der Waals surface area contributed by atoms with E-state index >= 15 is 0 Å². The van der Waals surface area contributed by atoms with Gasteiger partial charge in [-0.15, -0.1) is 0 Å². The number of carbonyl (C=O) groups excluding carboxylic acids is 1. The van der Waals surface area contributed by atoms with Crippen LogP contribution in [0.2, 0.25) is 0 Å². The Morgan fingerprint density at radius 1 is 1.14 bits per heavy atom. The molecule has 0 radical (unpaired) electrons. The fourth-order valence-electron chi connectivity index (χ4n) is 2.71. The second-order valence-corrected chi connectivity index (χ2v) is 6.15. The maximum atomic E-state index is 13.3. The zero-order chi connectivity index (χ0) is 19.7. The van der Waals surface area contributed by atoms with Crippen molar-refractivity contribution in [2.75, 3.05) is 0 Å². The summed E-state index contributed by atoms with van der Waals surface area (Å²) in [6.07, 6.45) is 0. The lowest BCUT2D eigenvalue weighted by atomic mass is 10.1. The summed E-state index contributed by atoms with van der Waals surface area (Å²) in [6.45, 7) is 1.63. The average Bonchev–Trinajstić information content (AvgIpc) is 3.18. The lowest BCUT2D eigenvalue weighted by Crippen LogP contribution is -2.30. The van der Waals surface area contributed by atoms with Gasteiger partial charge in [-0.25, -0.2) is 9.18 Å². The molecule has 0 bridgehead atoms. The highest BCUT2D eigenvalue weighted by Crippen LogP contribution is 2.20.